The number of hydrogen-bond donors (Lipinski definition) is 1. The van der Waals surface area contributed by atoms with Crippen LogP contribution < -0.4 is 11.2 Å². The number of H-pyrrole nitrogens is 1. The van der Waals surface area contributed by atoms with Crippen LogP contribution >= 0.6 is 11.6 Å². The molecule has 1 atom stereocenters. The second kappa shape index (κ2) is 8.51. The Morgan fingerprint density at radius 1 is 1.26 bits per heavy atom. The number of benzene rings is 1. The minimum Gasteiger partial charge on any atom is -0.369 e. The lowest BCUT2D eigenvalue weighted by Crippen LogP contribution is -2.39. The van der Waals surface area contributed by atoms with Gasteiger partial charge in [-0.15, -0.1) is 0 Å². The Labute approximate surface area is 202 Å². The third-order valence-electron chi connectivity index (χ3n) is 6.60. The first-order valence-corrected chi connectivity index (χ1v) is 12.1. The number of rotatable bonds is 6. The molecule has 0 radical (unpaired) electrons. The molecule has 8 nitrogen and oxygen atoms in total. The molecule has 1 aliphatic rings. The van der Waals surface area contributed by atoms with Crippen molar-refractivity contribution in [3.63, 3.8) is 0 Å². The van der Waals surface area contributed by atoms with Crippen LogP contribution in [0.3, 0.4) is 0 Å². The lowest BCUT2D eigenvalue weighted by molar-refractivity contribution is 0.306. The van der Waals surface area contributed by atoms with E-state index in [0.717, 1.165) is 35.1 Å². The van der Waals surface area contributed by atoms with Crippen molar-refractivity contribution < 1.29 is 0 Å². The van der Waals surface area contributed by atoms with Crippen LogP contribution in [0.4, 0.5) is 0 Å². The molecule has 4 heterocycles. The normalized spacial score (nSPS) is 16.1. The largest absolute Gasteiger partial charge is 0.369 e. The Kier molecular flexibility index (Phi) is 5.64. The lowest BCUT2D eigenvalue weighted by Gasteiger charge is -2.25. The molecule has 1 N–H and O–H groups in total. The number of nitrogens with zero attached hydrogens (tertiary/aromatic N) is 5. The monoisotopic (exact) mass is 480 g/mol. The molecule has 1 aliphatic heterocycles. The van der Waals surface area contributed by atoms with Gasteiger partial charge >= 0.3 is 5.69 Å². The van der Waals surface area contributed by atoms with Gasteiger partial charge in [0.2, 0.25) is 0 Å². The van der Waals surface area contributed by atoms with E-state index >= 15 is 0 Å². The first-order valence-electron chi connectivity index (χ1n) is 11.7. The van der Waals surface area contributed by atoms with Gasteiger partial charge in [0, 0.05) is 42.3 Å². The number of halogens is 1. The van der Waals surface area contributed by atoms with Crippen molar-refractivity contribution in [2.24, 2.45) is 13.0 Å². The van der Waals surface area contributed by atoms with Crippen LogP contribution in [0.1, 0.15) is 44.5 Å². The van der Waals surface area contributed by atoms with Crippen molar-refractivity contribution in [3.05, 3.63) is 73.8 Å². The second-order valence-corrected chi connectivity index (χ2v) is 9.80. The Morgan fingerprint density at radius 2 is 2.06 bits per heavy atom. The van der Waals surface area contributed by atoms with Gasteiger partial charge in [0.05, 0.1) is 18.3 Å². The Bertz CT molecular complexity index is 1540. The topological polar surface area (TPSA) is 80.8 Å². The molecule has 1 aromatic carbocycles. The fourth-order valence-electron chi connectivity index (χ4n) is 4.97. The van der Waals surface area contributed by atoms with Gasteiger partial charge in [-0.05, 0) is 49.2 Å². The quantitative estimate of drug-likeness (QED) is 0.452. The molecule has 0 aliphatic carbocycles. The first kappa shape index (κ1) is 22.5. The molecule has 4 aromatic rings. The van der Waals surface area contributed by atoms with E-state index in [1.54, 1.807) is 11.6 Å². The zero-order valence-electron chi connectivity index (χ0n) is 19.9. The fraction of sp³-hybridized carbons (Fsp3) is 0.400. The second-order valence-electron chi connectivity index (χ2n) is 9.36. The standard InChI is InChI=1S/C25H29ClN6O2/c1-5-30-10-6-7-20(30)22-21-23(31(13-15(2)3)25(34)29(4)24(21)33)28-32(22)14-16-12-27-19-9-8-17(26)11-18(16)19/h6,8-12,15,20,27H,5,7,13-14H2,1-4H3. The molecule has 0 bridgehead atoms. The molecule has 0 saturated carbocycles. The maximum Gasteiger partial charge on any atom is 0.332 e. The average Bonchev–Trinajstić information content (AvgIpc) is 3.52. The first-order chi connectivity index (χ1) is 16.3. The van der Waals surface area contributed by atoms with Gasteiger partial charge in [-0.1, -0.05) is 31.5 Å². The maximum absolute atomic E-state index is 13.5. The van der Waals surface area contributed by atoms with Crippen LogP contribution in [0.15, 0.2) is 46.3 Å². The minimum absolute atomic E-state index is 0.0264. The van der Waals surface area contributed by atoms with Crippen molar-refractivity contribution in [1.82, 2.24) is 28.8 Å². The third kappa shape index (κ3) is 3.57. The van der Waals surface area contributed by atoms with Crippen LogP contribution in [0.5, 0.6) is 0 Å². The highest BCUT2D eigenvalue weighted by molar-refractivity contribution is 6.31. The van der Waals surface area contributed by atoms with E-state index in [1.807, 2.05) is 29.1 Å². The highest BCUT2D eigenvalue weighted by Gasteiger charge is 2.30. The number of aromatic amines is 1. The van der Waals surface area contributed by atoms with Crippen molar-refractivity contribution in [2.45, 2.75) is 46.3 Å². The number of nitrogens with one attached hydrogen (secondary N) is 1. The van der Waals surface area contributed by atoms with Crippen LogP contribution in [0.25, 0.3) is 21.9 Å². The SMILES string of the molecule is CCN1C=CCC1c1c2c(=O)n(C)c(=O)n(CC(C)C)c2nn1Cc1c[nH]c2ccc(Cl)cc12. The molecule has 9 heteroatoms. The van der Waals surface area contributed by atoms with Gasteiger partial charge in [-0.2, -0.15) is 5.10 Å². The highest BCUT2D eigenvalue weighted by atomic mass is 35.5. The molecule has 0 saturated heterocycles. The van der Waals surface area contributed by atoms with E-state index in [2.05, 4.69) is 42.9 Å². The van der Waals surface area contributed by atoms with Crippen LogP contribution in [0.2, 0.25) is 5.02 Å². The third-order valence-corrected chi connectivity index (χ3v) is 6.84. The molecule has 178 valence electrons. The summed E-state index contributed by atoms with van der Waals surface area (Å²) in [6.07, 6.45) is 6.94. The summed E-state index contributed by atoms with van der Waals surface area (Å²) in [5.74, 6) is 0.225. The van der Waals surface area contributed by atoms with Crippen molar-refractivity contribution in [2.75, 3.05) is 6.54 Å². The number of fused-ring (bicyclic) bond motifs is 2. The fourth-order valence-corrected chi connectivity index (χ4v) is 5.14. The lowest BCUT2D eigenvalue weighted by atomic mass is 10.1. The summed E-state index contributed by atoms with van der Waals surface area (Å²) in [6.45, 7) is 7.95. The predicted molar refractivity (Wildman–Crippen MR) is 135 cm³/mol. The Hall–Kier alpha value is -3.26. The summed E-state index contributed by atoms with van der Waals surface area (Å²) in [4.78, 5) is 32.1. The number of hydrogen-bond acceptors (Lipinski definition) is 4. The Balaban J connectivity index is 1.79. The zero-order chi connectivity index (χ0) is 24.1. The summed E-state index contributed by atoms with van der Waals surface area (Å²) in [7, 11) is 1.55. The molecule has 34 heavy (non-hydrogen) atoms. The smallest absolute Gasteiger partial charge is 0.332 e. The molecular formula is C25H29ClN6O2. The van der Waals surface area contributed by atoms with Crippen molar-refractivity contribution >= 4 is 33.5 Å². The summed E-state index contributed by atoms with van der Waals surface area (Å²) < 4.78 is 4.77. The summed E-state index contributed by atoms with van der Waals surface area (Å²) >= 11 is 6.28. The van der Waals surface area contributed by atoms with E-state index in [4.69, 9.17) is 16.7 Å². The van der Waals surface area contributed by atoms with E-state index in [0.29, 0.717) is 29.1 Å². The predicted octanol–water partition coefficient (Wildman–Crippen LogP) is 4.02. The van der Waals surface area contributed by atoms with Gasteiger partial charge in [0.15, 0.2) is 5.65 Å². The van der Waals surface area contributed by atoms with Crippen LogP contribution in [0, 0.1) is 5.92 Å². The Morgan fingerprint density at radius 3 is 2.79 bits per heavy atom. The van der Waals surface area contributed by atoms with E-state index in [-0.39, 0.29) is 23.2 Å². The van der Waals surface area contributed by atoms with E-state index in [9.17, 15) is 9.59 Å². The van der Waals surface area contributed by atoms with Crippen molar-refractivity contribution in [1.29, 1.82) is 0 Å². The van der Waals surface area contributed by atoms with E-state index < -0.39 is 0 Å². The van der Waals surface area contributed by atoms with Crippen molar-refractivity contribution in [3.8, 4) is 0 Å². The number of aromatic nitrogens is 5. The van der Waals surface area contributed by atoms with Gasteiger partial charge in [0.25, 0.3) is 5.56 Å². The summed E-state index contributed by atoms with van der Waals surface area (Å²) in [5.41, 5.74) is 2.68. The van der Waals surface area contributed by atoms with Gasteiger partial charge in [-0.3, -0.25) is 18.6 Å². The zero-order valence-corrected chi connectivity index (χ0v) is 20.6. The molecule has 0 spiro atoms. The summed E-state index contributed by atoms with van der Waals surface area (Å²) in [6, 6.07) is 5.73. The van der Waals surface area contributed by atoms with Gasteiger partial charge < -0.3 is 9.88 Å². The summed E-state index contributed by atoms with van der Waals surface area (Å²) in [5, 5.41) is 7.11. The molecular weight excluding hydrogens is 452 g/mol. The average molecular weight is 481 g/mol. The van der Waals surface area contributed by atoms with Gasteiger partial charge in [0.1, 0.15) is 5.39 Å². The maximum atomic E-state index is 13.5. The van der Waals surface area contributed by atoms with Gasteiger partial charge in [-0.25, -0.2) is 4.79 Å². The minimum atomic E-state index is -0.335. The molecule has 1 unspecified atom stereocenters. The van der Waals surface area contributed by atoms with Crippen LogP contribution in [-0.4, -0.2) is 35.3 Å². The molecule has 3 aromatic heterocycles. The molecule has 0 fully saturated rings. The van der Waals surface area contributed by atoms with E-state index in [1.165, 1.54) is 4.57 Å². The molecule has 0 amide bonds. The van der Waals surface area contributed by atoms with Crippen LogP contribution in [-0.2, 0) is 20.1 Å². The molecule has 5 rings (SSSR count). The highest BCUT2D eigenvalue weighted by Crippen LogP contribution is 2.34.